The molecule has 0 fully saturated rings. The molecule has 0 heterocycles. The van der Waals surface area contributed by atoms with Crippen LogP contribution in [0, 0.1) is 0 Å². The second kappa shape index (κ2) is 11.4. The first-order valence-electron chi connectivity index (χ1n) is 9.03. The molecule has 0 radical (unpaired) electrons. The van der Waals surface area contributed by atoms with Crippen LogP contribution in [0.15, 0.2) is 12.1 Å². The van der Waals surface area contributed by atoms with E-state index in [-0.39, 0.29) is 22.6 Å². The van der Waals surface area contributed by atoms with Crippen LogP contribution in [-0.2, 0) is 47.7 Å². The van der Waals surface area contributed by atoms with Crippen LogP contribution in [0.4, 0.5) is 0 Å². The Morgan fingerprint density at radius 1 is 0.500 bits per heavy atom. The molecule has 0 saturated carbocycles. The summed E-state index contributed by atoms with van der Waals surface area (Å²) in [5.41, 5.74) is -0.398. The van der Waals surface area contributed by atoms with Crippen LogP contribution >= 0.6 is 0 Å². The molecule has 12 nitrogen and oxygen atoms in total. The van der Waals surface area contributed by atoms with Gasteiger partial charge in [0.1, 0.15) is 11.5 Å². The third kappa shape index (κ3) is 8.42. The second-order valence-electron chi connectivity index (χ2n) is 6.22. The number of benzene rings is 1. The highest BCUT2D eigenvalue weighted by Gasteiger charge is 2.31. The van der Waals surface area contributed by atoms with Crippen molar-refractivity contribution in [2.45, 2.75) is 54.1 Å². The summed E-state index contributed by atoms with van der Waals surface area (Å²) in [4.78, 5) is 69.3. The zero-order valence-corrected chi connectivity index (χ0v) is 18.2. The molecule has 1 rings (SSSR count). The largest absolute Gasteiger partial charge is 0.426 e. The van der Waals surface area contributed by atoms with Crippen molar-refractivity contribution in [3.8, 4) is 11.5 Å². The molecule has 0 aliphatic heterocycles. The Labute approximate surface area is 182 Å². The monoisotopic (exact) mass is 454 g/mol. The highest BCUT2D eigenvalue weighted by Crippen LogP contribution is 2.39. The lowest BCUT2D eigenvalue weighted by Gasteiger charge is -2.24. The smallest absolute Gasteiger partial charge is 0.308 e. The summed E-state index contributed by atoms with van der Waals surface area (Å²) in [5, 5.41) is 0. The molecule has 0 aliphatic carbocycles. The molecule has 0 spiro atoms. The maximum Gasteiger partial charge on any atom is 0.308 e. The van der Waals surface area contributed by atoms with Gasteiger partial charge in [-0.3, -0.25) is 28.8 Å². The summed E-state index contributed by atoms with van der Waals surface area (Å²) < 4.78 is 30.1. The fourth-order valence-electron chi connectivity index (χ4n) is 2.35. The highest BCUT2D eigenvalue weighted by molar-refractivity contribution is 5.74. The van der Waals surface area contributed by atoms with E-state index in [1.54, 1.807) is 0 Å². The van der Waals surface area contributed by atoms with Gasteiger partial charge in [0.25, 0.3) is 12.6 Å². The van der Waals surface area contributed by atoms with E-state index in [9.17, 15) is 28.8 Å². The normalized spacial score (nSPS) is 10.2. The predicted octanol–water partition coefficient (Wildman–Crippen LogP) is 1.79. The Morgan fingerprint density at radius 2 is 0.750 bits per heavy atom. The van der Waals surface area contributed by atoms with Crippen LogP contribution in [0.5, 0.6) is 11.5 Å². The van der Waals surface area contributed by atoms with Crippen LogP contribution in [-0.4, -0.2) is 35.8 Å². The van der Waals surface area contributed by atoms with Crippen molar-refractivity contribution in [1.29, 1.82) is 0 Å². The number of carbonyl (C=O) groups is 6. The molecule has 12 heteroatoms. The molecule has 0 amide bonds. The van der Waals surface area contributed by atoms with Crippen molar-refractivity contribution in [3.63, 3.8) is 0 Å². The molecule has 0 saturated heterocycles. The fraction of sp³-hybridized carbons (Fsp3) is 0.400. The van der Waals surface area contributed by atoms with Gasteiger partial charge in [-0.25, -0.2) is 0 Å². The third-order valence-corrected chi connectivity index (χ3v) is 3.25. The summed E-state index contributed by atoms with van der Waals surface area (Å²) in [6, 6.07) is 2.09. The number of esters is 6. The second-order valence-corrected chi connectivity index (χ2v) is 6.22. The van der Waals surface area contributed by atoms with Crippen LogP contribution in [0.1, 0.15) is 65.2 Å². The van der Waals surface area contributed by atoms with E-state index in [2.05, 4.69) is 0 Å². The molecule has 174 valence electrons. The van der Waals surface area contributed by atoms with E-state index in [1.165, 1.54) is 0 Å². The Kier molecular flexibility index (Phi) is 9.32. The van der Waals surface area contributed by atoms with E-state index in [0.717, 1.165) is 53.7 Å². The summed E-state index contributed by atoms with van der Waals surface area (Å²) in [6.07, 6.45) is -3.38. The zero-order valence-electron chi connectivity index (χ0n) is 18.2. The molecule has 0 atom stereocenters. The quantitative estimate of drug-likeness (QED) is 0.319. The number of carbonyl (C=O) groups excluding carboxylic acids is 6. The van der Waals surface area contributed by atoms with Gasteiger partial charge in [-0.2, -0.15) is 0 Å². The maximum atomic E-state index is 11.6. The standard InChI is InChI=1S/C20H22O12/c1-9(21)27-17-7-16(20(31-13(5)25)32-14(6)26)18(28-10(2)22)8-15(17)19(29-11(3)23)30-12(4)24/h7-8,19-20H,1-6H3. The molecular weight excluding hydrogens is 432 g/mol. The van der Waals surface area contributed by atoms with Gasteiger partial charge in [0.15, 0.2) is 0 Å². The topological polar surface area (TPSA) is 158 Å². The lowest BCUT2D eigenvalue weighted by Crippen LogP contribution is -2.20. The average molecular weight is 454 g/mol. The minimum absolute atomic E-state index is 0.199. The van der Waals surface area contributed by atoms with E-state index in [4.69, 9.17) is 28.4 Å². The van der Waals surface area contributed by atoms with Crippen LogP contribution < -0.4 is 9.47 Å². The first-order valence-corrected chi connectivity index (χ1v) is 9.03. The molecule has 32 heavy (non-hydrogen) atoms. The minimum Gasteiger partial charge on any atom is -0.426 e. The summed E-state index contributed by atoms with van der Waals surface area (Å²) in [5.74, 6) is -5.67. The van der Waals surface area contributed by atoms with E-state index in [0.29, 0.717) is 0 Å². The number of hydrogen-bond acceptors (Lipinski definition) is 12. The Balaban J connectivity index is 3.82. The van der Waals surface area contributed by atoms with Crippen LogP contribution in [0.2, 0.25) is 0 Å². The van der Waals surface area contributed by atoms with E-state index in [1.807, 2.05) is 0 Å². The van der Waals surface area contributed by atoms with Crippen molar-refractivity contribution < 1.29 is 57.2 Å². The first-order chi connectivity index (χ1) is 14.8. The predicted molar refractivity (Wildman–Crippen MR) is 102 cm³/mol. The molecule has 0 aliphatic rings. The third-order valence-electron chi connectivity index (χ3n) is 3.25. The minimum atomic E-state index is -1.69. The SMILES string of the molecule is CC(=O)Oc1cc(C(OC(C)=O)OC(C)=O)c(OC(C)=O)cc1C(OC(C)=O)OC(C)=O. The summed E-state index contributed by atoms with van der Waals surface area (Å²) in [7, 11) is 0. The molecule has 1 aromatic rings. The molecule has 0 aromatic heterocycles. The van der Waals surface area contributed by atoms with E-state index < -0.39 is 48.4 Å². The van der Waals surface area contributed by atoms with Gasteiger partial charge >= 0.3 is 35.8 Å². The molecule has 0 N–H and O–H groups in total. The van der Waals surface area contributed by atoms with Gasteiger partial charge in [-0.05, 0) is 12.1 Å². The fourth-order valence-corrected chi connectivity index (χ4v) is 2.35. The number of rotatable bonds is 8. The van der Waals surface area contributed by atoms with Gasteiger partial charge in [-0.1, -0.05) is 0 Å². The molecule has 1 aromatic carbocycles. The van der Waals surface area contributed by atoms with Gasteiger partial charge in [-0.15, -0.1) is 0 Å². The van der Waals surface area contributed by atoms with Gasteiger partial charge in [0.05, 0.1) is 11.1 Å². The average Bonchev–Trinajstić information content (AvgIpc) is 2.59. The molecule has 0 bridgehead atoms. The van der Waals surface area contributed by atoms with Gasteiger partial charge < -0.3 is 28.4 Å². The first kappa shape index (κ1) is 26.1. The zero-order chi connectivity index (χ0) is 24.6. The maximum absolute atomic E-state index is 11.6. The van der Waals surface area contributed by atoms with Crippen molar-refractivity contribution in [1.82, 2.24) is 0 Å². The molecule has 0 unspecified atom stereocenters. The van der Waals surface area contributed by atoms with Crippen molar-refractivity contribution >= 4 is 35.8 Å². The Bertz CT molecular complexity index is 825. The van der Waals surface area contributed by atoms with Crippen molar-refractivity contribution in [2.24, 2.45) is 0 Å². The summed E-state index contributed by atoms with van der Waals surface area (Å²) in [6.45, 7) is 6.29. The Hall–Kier alpha value is -3.96. The van der Waals surface area contributed by atoms with E-state index >= 15 is 0 Å². The van der Waals surface area contributed by atoms with Crippen LogP contribution in [0.25, 0.3) is 0 Å². The number of ether oxygens (including phenoxy) is 6. The van der Waals surface area contributed by atoms with Crippen molar-refractivity contribution in [2.75, 3.05) is 0 Å². The Morgan fingerprint density at radius 3 is 0.938 bits per heavy atom. The lowest BCUT2D eigenvalue weighted by molar-refractivity contribution is -0.189. The lowest BCUT2D eigenvalue weighted by atomic mass is 10.1. The van der Waals surface area contributed by atoms with Crippen LogP contribution in [0.3, 0.4) is 0 Å². The molecular formula is C20H22O12. The number of hydrogen-bond donors (Lipinski definition) is 0. The highest BCUT2D eigenvalue weighted by atomic mass is 16.7. The summed E-state index contributed by atoms with van der Waals surface area (Å²) >= 11 is 0. The van der Waals surface area contributed by atoms with Gasteiger partial charge in [0, 0.05) is 41.5 Å². The van der Waals surface area contributed by atoms with Gasteiger partial charge in [0.2, 0.25) is 0 Å². The van der Waals surface area contributed by atoms with Crippen molar-refractivity contribution in [3.05, 3.63) is 23.3 Å².